The van der Waals surface area contributed by atoms with Gasteiger partial charge >= 0.3 is 0 Å². The molecule has 0 bridgehead atoms. The van der Waals surface area contributed by atoms with Crippen molar-refractivity contribution in [1.29, 1.82) is 0 Å². The summed E-state index contributed by atoms with van der Waals surface area (Å²) in [4.78, 5) is 33.7. The molecule has 0 radical (unpaired) electrons. The summed E-state index contributed by atoms with van der Waals surface area (Å²) in [6.45, 7) is 3.47. The van der Waals surface area contributed by atoms with Gasteiger partial charge in [0.1, 0.15) is 16.7 Å². The van der Waals surface area contributed by atoms with Crippen LogP contribution in [0, 0.1) is 12.7 Å². The van der Waals surface area contributed by atoms with Crippen LogP contribution in [0.25, 0.3) is 10.9 Å². The number of halogens is 1. The Hall–Kier alpha value is -2.32. The molecule has 26 heavy (non-hydrogen) atoms. The van der Waals surface area contributed by atoms with Crippen molar-refractivity contribution >= 4 is 45.7 Å². The Morgan fingerprint density at radius 2 is 2.04 bits per heavy atom. The number of primary amides is 1. The SMILES string of the molecule is Cc1nc(SCC(=O)c2ccc(C(C)C(N)=O)s2)c2cc(F)ccc2n1. The molecule has 0 aliphatic rings. The molecule has 1 aromatic carbocycles. The number of ketones is 1. The number of hydrogen-bond donors (Lipinski definition) is 1. The van der Waals surface area contributed by atoms with Crippen LogP contribution in [0.5, 0.6) is 0 Å². The highest BCUT2D eigenvalue weighted by Crippen LogP contribution is 2.29. The zero-order valence-electron chi connectivity index (χ0n) is 14.2. The van der Waals surface area contributed by atoms with Gasteiger partial charge in [-0.1, -0.05) is 11.8 Å². The van der Waals surface area contributed by atoms with Crippen LogP contribution in [0.3, 0.4) is 0 Å². The first-order valence-electron chi connectivity index (χ1n) is 7.84. The molecule has 1 atom stereocenters. The molecule has 2 aromatic heterocycles. The second kappa shape index (κ2) is 7.51. The molecule has 2 heterocycles. The quantitative estimate of drug-likeness (QED) is 0.395. The van der Waals surface area contributed by atoms with Gasteiger partial charge in [0.2, 0.25) is 5.91 Å². The fraction of sp³-hybridized carbons (Fsp3) is 0.222. The van der Waals surface area contributed by atoms with Gasteiger partial charge in [0, 0.05) is 10.3 Å². The molecule has 0 fully saturated rings. The topological polar surface area (TPSA) is 85.9 Å². The predicted molar refractivity (Wildman–Crippen MR) is 101 cm³/mol. The van der Waals surface area contributed by atoms with E-state index in [2.05, 4.69) is 9.97 Å². The Balaban J connectivity index is 1.79. The number of hydrogen-bond acceptors (Lipinski definition) is 6. The van der Waals surface area contributed by atoms with Crippen LogP contribution in [-0.4, -0.2) is 27.4 Å². The average Bonchev–Trinajstić information content (AvgIpc) is 3.09. The number of aryl methyl sites for hydroxylation is 1. The Labute approximate surface area is 157 Å². The molecule has 0 saturated heterocycles. The lowest BCUT2D eigenvalue weighted by molar-refractivity contribution is -0.119. The van der Waals surface area contributed by atoms with E-state index in [-0.39, 0.29) is 17.4 Å². The van der Waals surface area contributed by atoms with Crippen molar-refractivity contribution in [3.8, 4) is 0 Å². The molecule has 1 unspecified atom stereocenters. The number of benzene rings is 1. The van der Waals surface area contributed by atoms with Crippen molar-refractivity contribution in [3.63, 3.8) is 0 Å². The third-order valence-electron chi connectivity index (χ3n) is 3.83. The molecule has 5 nitrogen and oxygen atoms in total. The van der Waals surface area contributed by atoms with E-state index in [0.717, 1.165) is 4.88 Å². The highest BCUT2D eigenvalue weighted by atomic mass is 32.2. The molecule has 1 amide bonds. The molecule has 134 valence electrons. The number of nitrogens with two attached hydrogens (primary N) is 1. The summed E-state index contributed by atoms with van der Waals surface area (Å²) >= 11 is 2.51. The van der Waals surface area contributed by atoms with Crippen molar-refractivity contribution in [1.82, 2.24) is 9.97 Å². The van der Waals surface area contributed by atoms with Gasteiger partial charge in [0.25, 0.3) is 0 Å². The lowest BCUT2D eigenvalue weighted by Crippen LogP contribution is -2.17. The Bertz CT molecular complexity index is 1000. The maximum Gasteiger partial charge on any atom is 0.225 e. The van der Waals surface area contributed by atoms with Crippen molar-refractivity contribution in [2.75, 3.05) is 5.75 Å². The molecule has 8 heteroatoms. The summed E-state index contributed by atoms with van der Waals surface area (Å²) in [5, 5.41) is 1.16. The second-order valence-corrected chi connectivity index (χ2v) is 7.85. The van der Waals surface area contributed by atoms with Gasteiger partial charge in [-0.3, -0.25) is 9.59 Å². The van der Waals surface area contributed by atoms with E-state index in [4.69, 9.17) is 5.73 Å². The largest absolute Gasteiger partial charge is 0.369 e. The smallest absolute Gasteiger partial charge is 0.225 e. The summed E-state index contributed by atoms with van der Waals surface area (Å²) in [6, 6.07) is 7.77. The highest BCUT2D eigenvalue weighted by molar-refractivity contribution is 8.00. The van der Waals surface area contributed by atoms with Crippen molar-refractivity contribution in [3.05, 3.63) is 51.7 Å². The zero-order valence-corrected chi connectivity index (χ0v) is 15.8. The van der Waals surface area contributed by atoms with Crippen LogP contribution in [0.15, 0.2) is 35.4 Å². The first-order valence-corrected chi connectivity index (χ1v) is 9.64. The summed E-state index contributed by atoms with van der Waals surface area (Å²) < 4.78 is 13.6. The van der Waals surface area contributed by atoms with E-state index < -0.39 is 11.8 Å². The number of nitrogens with zero attached hydrogens (tertiary/aromatic N) is 2. The Morgan fingerprint density at radius 1 is 1.27 bits per heavy atom. The lowest BCUT2D eigenvalue weighted by Gasteiger charge is -2.06. The monoisotopic (exact) mass is 389 g/mol. The molecule has 3 aromatic rings. The van der Waals surface area contributed by atoms with Gasteiger partial charge in [-0.2, -0.15) is 0 Å². The summed E-state index contributed by atoms with van der Waals surface area (Å²) in [6.07, 6.45) is 0. The predicted octanol–water partition coefficient (Wildman–Crippen LogP) is 3.70. The maximum absolute atomic E-state index is 13.6. The molecule has 0 aliphatic heterocycles. The average molecular weight is 389 g/mol. The second-order valence-electron chi connectivity index (χ2n) is 5.78. The first kappa shape index (κ1) is 18.5. The third kappa shape index (κ3) is 3.91. The minimum absolute atomic E-state index is 0.0799. The van der Waals surface area contributed by atoms with E-state index >= 15 is 0 Å². The van der Waals surface area contributed by atoms with Crippen molar-refractivity contribution in [2.24, 2.45) is 5.73 Å². The van der Waals surface area contributed by atoms with Crippen LogP contribution in [0.2, 0.25) is 0 Å². The minimum Gasteiger partial charge on any atom is -0.369 e. The number of amides is 1. The number of thioether (sulfide) groups is 1. The van der Waals surface area contributed by atoms with Crippen LogP contribution >= 0.6 is 23.1 Å². The van der Waals surface area contributed by atoms with Gasteiger partial charge in [-0.05, 0) is 44.2 Å². The summed E-state index contributed by atoms with van der Waals surface area (Å²) in [7, 11) is 0. The Kier molecular flexibility index (Phi) is 5.33. The molecule has 0 aliphatic carbocycles. The fourth-order valence-electron chi connectivity index (χ4n) is 2.37. The zero-order chi connectivity index (χ0) is 18.8. The van der Waals surface area contributed by atoms with E-state index in [0.29, 0.717) is 26.6 Å². The summed E-state index contributed by atoms with van der Waals surface area (Å²) in [5.41, 5.74) is 5.94. The fourth-order valence-corrected chi connectivity index (χ4v) is 4.41. The number of thiophene rings is 1. The van der Waals surface area contributed by atoms with Gasteiger partial charge < -0.3 is 5.73 Å². The molecule has 0 spiro atoms. The number of Topliss-reactive ketones (excluding diaryl/α,β-unsaturated/α-hetero) is 1. The van der Waals surface area contributed by atoms with Gasteiger partial charge in [0.05, 0.1) is 22.1 Å². The molecule has 2 N–H and O–H groups in total. The molecule has 0 saturated carbocycles. The van der Waals surface area contributed by atoms with Gasteiger partial charge in [-0.15, -0.1) is 11.3 Å². The highest BCUT2D eigenvalue weighted by Gasteiger charge is 2.17. The van der Waals surface area contributed by atoms with Crippen molar-refractivity contribution in [2.45, 2.75) is 24.8 Å². The van der Waals surface area contributed by atoms with Gasteiger partial charge in [0.15, 0.2) is 5.78 Å². The summed E-state index contributed by atoms with van der Waals surface area (Å²) in [5.74, 6) is -0.582. The third-order valence-corrected chi connectivity index (χ3v) is 6.13. The number of carbonyl (C=O) groups excluding carboxylic acids is 2. The number of carbonyl (C=O) groups is 2. The Morgan fingerprint density at radius 3 is 2.77 bits per heavy atom. The van der Waals surface area contributed by atoms with E-state index in [1.165, 1.54) is 35.2 Å². The molecular weight excluding hydrogens is 373 g/mol. The van der Waals surface area contributed by atoms with Crippen LogP contribution in [-0.2, 0) is 4.79 Å². The van der Waals surface area contributed by atoms with Crippen LogP contribution < -0.4 is 5.73 Å². The van der Waals surface area contributed by atoms with E-state index in [1.807, 2.05) is 0 Å². The number of fused-ring (bicyclic) bond motifs is 1. The number of rotatable bonds is 6. The van der Waals surface area contributed by atoms with E-state index in [1.54, 1.807) is 32.0 Å². The van der Waals surface area contributed by atoms with Crippen LogP contribution in [0.4, 0.5) is 4.39 Å². The maximum atomic E-state index is 13.6. The number of aromatic nitrogens is 2. The minimum atomic E-state index is -0.426. The lowest BCUT2D eigenvalue weighted by atomic mass is 10.1. The van der Waals surface area contributed by atoms with Crippen LogP contribution in [0.1, 0.15) is 33.2 Å². The molecular formula is C18H16FN3O2S2. The van der Waals surface area contributed by atoms with E-state index in [9.17, 15) is 14.0 Å². The van der Waals surface area contributed by atoms with Gasteiger partial charge in [-0.25, -0.2) is 14.4 Å². The standard InChI is InChI=1S/C18H16FN3O2S2/c1-9(17(20)24)15-5-6-16(26-15)14(23)8-25-18-12-7-11(19)3-4-13(12)21-10(2)22-18/h3-7,9H,8H2,1-2H3,(H2,20,24). The van der Waals surface area contributed by atoms with Crippen molar-refractivity contribution < 1.29 is 14.0 Å². The molecule has 3 rings (SSSR count). The normalized spacial score (nSPS) is 12.3. The first-order chi connectivity index (χ1) is 12.3.